The fourth-order valence-corrected chi connectivity index (χ4v) is 2.44. The molecule has 0 spiro atoms. The van der Waals surface area contributed by atoms with Gasteiger partial charge < -0.3 is 4.74 Å². The first-order valence-electron chi connectivity index (χ1n) is 5.65. The van der Waals surface area contributed by atoms with Gasteiger partial charge in [-0.15, -0.1) is 15.3 Å². The molecule has 0 saturated carbocycles. The lowest BCUT2D eigenvalue weighted by Crippen LogP contribution is -2.18. The molecule has 100 valence electrons. The van der Waals surface area contributed by atoms with Crippen LogP contribution in [0.25, 0.3) is 5.13 Å². The summed E-state index contributed by atoms with van der Waals surface area (Å²) in [5.74, 6) is 0. The van der Waals surface area contributed by atoms with Crippen molar-refractivity contribution in [2.75, 3.05) is 7.11 Å². The van der Waals surface area contributed by atoms with Crippen LogP contribution in [-0.2, 0) is 16.8 Å². The summed E-state index contributed by atoms with van der Waals surface area (Å²) in [7, 11) is 1.60. The first kappa shape index (κ1) is 13.6. The number of hydrogen-bond acceptors (Lipinski definition) is 7. The second-order valence-corrected chi connectivity index (χ2v) is 6.01. The molecule has 0 aliphatic rings. The summed E-state index contributed by atoms with van der Waals surface area (Å²) in [4.78, 5) is 0. The summed E-state index contributed by atoms with van der Waals surface area (Å²) in [5.41, 5.74) is 0.785. The normalized spacial score (nSPS) is 11.5. The molecule has 0 N–H and O–H groups in total. The zero-order chi connectivity index (χ0) is 14.0. The molecule has 0 saturated heterocycles. The molecule has 2 rings (SSSR count). The summed E-state index contributed by atoms with van der Waals surface area (Å²) in [6.07, 6.45) is 0. The first-order chi connectivity index (χ1) is 8.97. The molecule has 0 amide bonds. The van der Waals surface area contributed by atoms with Gasteiger partial charge >= 0.3 is 0 Å². The van der Waals surface area contributed by atoms with E-state index in [1.54, 1.807) is 11.8 Å². The van der Waals surface area contributed by atoms with Crippen molar-refractivity contribution in [2.45, 2.75) is 32.8 Å². The average molecular weight is 278 g/mol. The van der Waals surface area contributed by atoms with Gasteiger partial charge in [0, 0.05) is 12.5 Å². The van der Waals surface area contributed by atoms with Crippen LogP contribution in [0.1, 0.15) is 37.2 Å². The molecule has 0 fully saturated rings. The van der Waals surface area contributed by atoms with Gasteiger partial charge in [-0.05, 0) is 0 Å². The van der Waals surface area contributed by atoms with Crippen LogP contribution >= 0.6 is 11.3 Å². The molecule has 0 bridgehead atoms. The Morgan fingerprint density at radius 2 is 2.05 bits per heavy atom. The summed E-state index contributed by atoms with van der Waals surface area (Å²) in [6.45, 7) is 6.41. The minimum Gasteiger partial charge on any atom is -0.377 e. The van der Waals surface area contributed by atoms with E-state index in [1.165, 1.54) is 11.3 Å². The Balaban J connectivity index is 2.50. The molecule has 2 heterocycles. The van der Waals surface area contributed by atoms with Crippen LogP contribution in [0.4, 0.5) is 0 Å². The van der Waals surface area contributed by atoms with E-state index in [2.05, 4.69) is 26.6 Å². The van der Waals surface area contributed by atoms with Crippen LogP contribution in [0.3, 0.4) is 0 Å². The van der Waals surface area contributed by atoms with E-state index in [1.807, 2.05) is 20.8 Å². The molecule has 7 nitrogen and oxygen atoms in total. The van der Waals surface area contributed by atoms with Crippen LogP contribution in [0, 0.1) is 11.3 Å². The Morgan fingerprint density at radius 1 is 1.32 bits per heavy atom. The number of rotatable bonds is 3. The Labute approximate surface area is 114 Å². The van der Waals surface area contributed by atoms with Gasteiger partial charge in [-0.3, -0.25) is 0 Å². The number of ether oxygens (including phenoxy) is 1. The first-order valence-corrected chi connectivity index (χ1v) is 6.47. The lowest BCUT2D eigenvalue weighted by atomic mass is 9.90. The van der Waals surface area contributed by atoms with Crippen LogP contribution in [0.15, 0.2) is 0 Å². The summed E-state index contributed by atoms with van der Waals surface area (Å²) >= 11 is 1.37. The highest BCUT2D eigenvalue weighted by atomic mass is 32.1. The van der Waals surface area contributed by atoms with E-state index in [0.717, 1.165) is 10.7 Å². The number of methoxy groups -OCH3 is 1. The van der Waals surface area contributed by atoms with E-state index < -0.39 is 0 Å². The van der Waals surface area contributed by atoms with Gasteiger partial charge in [0.15, 0.2) is 5.69 Å². The topological polar surface area (TPSA) is 89.5 Å². The van der Waals surface area contributed by atoms with E-state index in [0.29, 0.717) is 17.4 Å². The standard InChI is InChI=1S/C11H14N6OS/c1-11(2,3)9-7(5-12)13-16-17(9)10-15-14-8(19-10)6-18-4/h6H2,1-4H3. The quantitative estimate of drug-likeness (QED) is 0.843. The lowest BCUT2D eigenvalue weighted by Gasteiger charge is -2.18. The maximum atomic E-state index is 9.11. The molecule has 0 aromatic carbocycles. The molecule has 8 heteroatoms. The second-order valence-electron chi connectivity index (χ2n) is 4.97. The highest BCUT2D eigenvalue weighted by molar-refractivity contribution is 7.13. The molecular formula is C11H14N6OS. The molecule has 2 aromatic rings. The van der Waals surface area contributed by atoms with Gasteiger partial charge in [0.2, 0.25) is 5.13 Å². The number of hydrogen-bond donors (Lipinski definition) is 0. The second kappa shape index (κ2) is 5.03. The van der Waals surface area contributed by atoms with Crippen molar-refractivity contribution >= 4 is 11.3 Å². The van der Waals surface area contributed by atoms with Gasteiger partial charge in [-0.25, -0.2) is 0 Å². The molecule has 0 aliphatic carbocycles. The molecule has 0 unspecified atom stereocenters. The van der Waals surface area contributed by atoms with E-state index in [4.69, 9.17) is 10.00 Å². The summed E-state index contributed by atoms with van der Waals surface area (Å²) in [6, 6.07) is 2.06. The zero-order valence-electron chi connectivity index (χ0n) is 11.2. The minimum absolute atomic E-state index is 0.262. The van der Waals surface area contributed by atoms with Crippen molar-refractivity contribution in [3.63, 3.8) is 0 Å². The molecular weight excluding hydrogens is 264 g/mol. The van der Waals surface area contributed by atoms with Gasteiger partial charge in [-0.2, -0.15) is 9.94 Å². The Hall–Kier alpha value is -1.85. The molecule has 0 radical (unpaired) electrons. The molecule has 0 atom stereocenters. The third-order valence-electron chi connectivity index (χ3n) is 2.39. The van der Waals surface area contributed by atoms with Crippen LogP contribution < -0.4 is 0 Å². The minimum atomic E-state index is -0.262. The third-order valence-corrected chi connectivity index (χ3v) is 3.26. The predicted octanol–water partition coefficient (Wildman–Crippen LogP) is 1.43. The molecule has 2 aromatic heterocycles. The van der Waals surface area contributed by atoms with Crippen LogP contribution in [0.5, 0.6) is 0 Å². The van der Waals surface area contributed by atoms with Gasteiger partial charge in [0.1, 0.15) is 17.7 Å². The maximum Gasteiger partial charge on any atom is 0.234 e. The zero-order valence-corrected chi connectivity index (χ0v) is 12.0. The van der Waals surface area contributed by atoms with E-state index in [9.17, 15) is 0 Å². The van der Waals surface area contributed by atoms with Crippen molar-refractivity contribution in [2.24, 2.45) is 0 Å². The van der Waals surface area contributed by atoms with Crippen molar-refractivity contribution in [3.05, 3.63) is 16.4 Å². The van der Waals surface area contributed by atoms with Gasteiger partial charge in [0.25, 0.3) is 0 Å². The fraction of sp³-hybridized carbons (Fsp3) is 0.545. The van der Waals surface area contributed by atoms with Gasteiger partial charge in [-0.1, -0.05) is 37.3 Å². The highest BCUT2D eigenvalue weighted by Crippen LogP contribution is 2.27. The predicted molar refractivity (Wildman–Crippen MR) is 69.0 cm³/mol. The fourth-order valence-electron chi connectivity index (χ4n) is 1.68. The number of aromatic nitrogens is 5. The van der Waals surface area contributed by atoms with E-state index in [-0.39, 0.29) is 5.41 Å². The van der Waals surface area contributed by atoms with Crippen molar-refractivity contribution in [3.8, 4) is 11.2 Å². The SMILES string of the molecule is COCc1nnc(-n2nnc(C#N)c2C(C)(C)C)s1. The average Bonchev–Trinajstić information content (AvgIpc) is 2.93. The van der Waals surface area contributed by atoms with E-state index >= 15 is 0 Å². The lowest BCUT2D eigenvalue weighted by molar-refractivity contribution is 0.184. The smallest absolute Gasteiger partial charge is 0.234 e. The van der Waals surface area contributed by atoms with Crippen molar-refractivity contribution < 1.29 is 4.74 Å². The number of nitriles is 1. The Morgan fingerprint density at radius 3 is 2.63 bits per heavy atom. The molecule has 19 heavy (non-hydrogen) atoms. The monoisotopic (exact) mass is 278 g/mol. The largest absolute Gasteiger partial charge is 0.377 e. The van der Waals surface area contributed by atoms with Crippen LogP contribution in [-0.4, -0.2) is 32.3 Å². The van der Waals surface area contributed by atoms with Crippen molar-refractivity contribution in [1.82, 2.24) is 25.2 Å². The van der Waals surface area contributed by atoms with Crippen LogP contribution in [0.2, 0.25) is 0 Å². The van der Waals surface area contributed by atoms with Crippen molar-refractivity contribution in [1.29, 1.82) is 5.26 Å². The summed E-state index contributed by atoms with van der Waals surface area (Å²) in [5, 5.41) is 26.4. The number of nitrogens with zero attached hydrogens (tertiary/aromatic N) is 6. The summed E-state index contributed by atoms with van der Waals surface area (Å²) < 4.78 is 6.59. The molecule has 0 aliphatic heterocycles. The highest BCUT2D eigenvalue weighted by Gasteiger charge is 2.27. The maximum absolute atomic E-state index is 9.11. The van der Waals surface area contributed by atoms with Gasteiger partial charge in [0.05, 0.1) is 5.69 Å². The third kappa shape index (κ3) is 2.62. The Bertz CT molecular complexity index is 618. The Kier molecular flexibility index (Phi) is 3.59.